The van der Waals surface area contributed by atoms with Crippen LogP contribution in [0.25, 0.3) is 11.0 Å². The monoisotopic (exact) mass is 395 g/mol. The number of ether oxygens (including phenoxy) is 1. The molecule has 8 nitrogen and oxygen atoms in total. The number of fused-ring (bicyclic) bond motifs is 1. The fourth-order valence-corrected chi connectivity index (χ4v) is 3.55. The molecule has 152 valence electrons. The van der Waals surface area contributed by atoms with Crippen molar-refractivity contribution >= 4 is 28.6 Å². The van der Waals surface area contributed by atoms with E-state index in [9.17, 15) is 4.79 Å². The summed E-state index contributed by atoms with van der Waals surface area (Å²) in [5, 5.41) is 4.02. The summed E-state index contributed by atoms with van der Waals surface area (Å²) in [6.07, 6.45) is 0. The first-order chi connectivity index (χ1) is 14.1. The van der Waals surface area contributed by atoms with Crippen molar-refractivity contribution in [1.82, 2.24) is 14.9 Å². The lowest BCUT2D eigenvalue weighted by molar-refractivity contribution is 0.0716. The first-order valence-electron chi connectivity index (χ1n) is 9.79. The molecule has 1 saturated heterocycles. The Kier molecular flexibility index (Phi) is 5.24. The summed E-state index contributed by atoms with van der Waals surface area (Å²) in [5.74, 6) is 2.38. The Bertz CT molecular complexity index is 1020. The molecule has 1 amide bonds. The highest BCUT2D eigenvalue weighted by Crippen LogP contribution is 2.29. The molecule has 8 heteroatoms. The second-order valence-electron chi connectivity index (χ2n) is 6.99. The Morgan fingerprint density at radius 1 is 1.21 bits per heavy atom. The largest absolute Gasteiger partial charge is 0.493 e. The van der Waals surface area contributed by atoms with Crippen molar-refractivity contribution in [3.8, 4) is 5.75 Å². The van der Waals surface area contributed by atoms with Crippen LogP contribution in [0.1, 0.15) is 23.2 Å². The van der Waals surface area contributed by atoms with Gasteiger partial charge in [-0.3, -0.25) is 4.79 Å². The quantitative estimate of drug-likeness (QED) is 0.711. The summed E-state index contributed by atoms with van der Waals surface area (Å²) >= 11 is 0. The van der Waals surface area contributed by atoms with Gasteiger partial charge in [-0.05, 0) is 26.0 Å². The normalized spacial score (nSPS) is 14.3. The van der Waals surface area contributed by atoms with E-state index in [0.717, 1.165) is 23.4 Å². The lowest BCUT2D eigenvalue weighted by atomic mass is 10.2. The van der Waals surface area contributed by atoms with Gasteiger partial charge in [0.2, 0.25) is 5.95 Å². The lowest BCUT2D eigenvalue weighted by Gasteiger charge is -2.35. The van der Waals surface area contributed by atoms with E-state index in [4.69, 9.17) is 9.15 Å². The van der Waals surface area contributed by atoms with Crippen molar-refractivity contribution < 1.29 is 13.9 Å². The van der Waals surface area contributed by atoms with Crippen LogP contribution in [0.4, 0.5) is 11.8 Å². The number of hydrogen-bond acceptors (Lipinski definition) is 7. The van der Waals surface area contributed by atoms with E-state index in [2.05, 4.69) is 20.2 Å². The molecule has 29 heavy (non-hydrogen) atoms. The van der Waals surface area contributed by atoms with E-state index in [-0.39, 0.29) is 5.91 Å². The average Bonchev–Trinajstić information content (AvgIpc) is 3.17. The van der Waals surface area contributed by atoms with Gasteiger partial charge in [0.1, 0.15) is 5.82 Å². The standard InChI is InChI=1S/C21H25N5O3/c1-4-22-21-23-14(2)12-18(24-21)25-8-10-26(11-9-25)20(27)17-13-15-6-5-7-16(28-3)19(15)29-17/h5-7,12-13H,4,8-11H2,1-3H3,(H,22,23,24). The molecule has 0 saturated carbocycles. The van der Waals surface area contributed by atoms with E-state index < -0.39 is 0 Å². The highest BCUT2D eigenvalue weighted by atomic mass is 16.5. The number of carbonyl (C=O) groups excluding carboxylic acids is 1. The molecule has 0 aliphatic carbocycles. The Hall–Kier alpha value is -3.29. The first kappa shape index (κ1) is 19.0. The van der Waals surface area contributed by atoms with Crippen LogP contribution in [0.2, 0.25) is 0 Å². The number of piperazine rings is 1. The number of para-hydroxylation sites is 1. The third-order valence-electron chi connectivity index (χ3n) is 5.01. The SMILES string of the molecule is CCNc1nc(C)cc(N2CCN(C(=O)c3cc4cccc(OC)c4o3)CC2)n1. The van der Waals surface area contributed by atoms with Gasteiger partial charge in [0.15, 0.2) is 17.1 Å². The minimum absolute atomic E-state index is 0.102. The fraction of sp³-hybridized carbons (Fsp3) is 0.381. The Morgan fingerprint density at radius 3 is 2.72 bits per heavy atom. The molecular weight excluding hydrogens is 370 g/mol. The van der Waals surface area contributed by atoms with Crippen LogP contribution in [-0.4, -0.2) is 60.6 Å². The number of methoxy groups -OCH3 is 1. The molecule has 0 radical (unpaired) electrons. The van der Waals surface area contributed by atoms with Crippen LogP contribution in [0, 0.1) is 6.92 Å². The number of nitrogens with zero attached hydrogens (tertiary/aromatic N) is 4. The van der Waals surface area contributed by atoms with Crippen molar-refractivity contribution in [1.29, 1.82) is 0 Å². The van der Waals surface area contributed by atoms with Crippen LogP contribution < -0.4 is 15.0 Å². The zero-order valence-corrected chi connectivity index (χ0v) is 16.9. The van der Waals surface area contributed by atoms with Crippen molar-refractivity contribution in [2.75, 3.05) is 50.1 Å². The number of aromatic nitrogens is 2. The van der Waals surface area contributed by atoms with Crippen molar-refractivity contribution in [2.24, 2.45) is 0 Å². The van der Waals surface area contributed by atoms with E-state index in [1.165, 1.54) is 0 Å². The molecule has 0 bridgehead atoms. The molecule has 1 fully saturated rings. The Morgan fingerprint density at radius 2 is 2.00 bits per heavy atom. The molecule has 0 atom stereocenters. The van der Waals surface area contributed by atoms with E-state index in [0.29, 0.717) is 49.2 Å². The van der Waals surface area contributed by atoms with E-state index in [1.54, 1.807) is 13.2 Å². The molecular formula is C21H25N5O3. The van der Waals surface area contributed by atoms with Gasteiger partial charge in [0, 0.05) is 49.9 Å². The van der Waals surface area contributed by atoms with Crippen molar-refractivity contribution in [3.05, 3.63) is 41.8 Å². The molecule has 3 heterocycles. The van der Waals surface area contributed by atoms with Gasteiger partial charge < -0.3 is 24.3 Å². The van der Waals surface area contributed by atoms with Crippen molar-refractivity contribution in [3.63, 3.8) is 0 Å². The summed E-state index contributed by atoms with van der Waals surface area (Å²) in [4.78, 5) is 25.9. The number of anilines is 2. The van der Waals surface area contributed by atoms with Crippen LogP contribution >= 0.6 is 0 Å². The number of hydrogen-bond donors (Lipinski definition) is 1. The van der Waals surface area contributed by atoms with Gasteiger partial charge in [-0.2, -0.15) is 4.98 Å². The molecule has 1 N–H and O–H groups in total. The van der Waals surface area contributed by atoms with Gasteiger partial charge in [0.25, 0.3) is 5.91 Å². The third kappa shape index (κ3) is 3.83. The molecule has 4 rings (SSSR count). The number of rotatable bonds is 5. The molecule has 1 aliphatic heterocycles. The maximum atomic E-state index is 12.9. The summed E-state index contributed by atoms with van der Waals surface area (Å²) in [5.41, 5.74) is 1.52. The highest BCUT2D eigenvalue weighted by Gasteiger charge is 2.26. The van der Waals surface area contributed by atoms with Crippen LogP contribution in [-0.2, 0) is 0 Å². The zero-order chi connectivity index (χ0) is 20.4. The number of amides is 1. The third-order valence-corrected chi connectivity index (χ3v) is 5.01. The Balaban J connectivity index is 1.46. The summed E-state index contributed by atoms with van der Waals surface area (Å²) in [6, 6.07) is 9.38. The molecule has 1 aromatic carbocycles. The van der Waals surface area contributed by atoms with Gasteiger partial charge in [-0.1, -0.05) is 12.1 Å². The summed E-state index contributed by atoms with van der Waals surface area (Å²) in [6.45, 7) is 7.37. The van der Waals surface area contributed by atoms with E-state index in [1.807, 2.05) is 43.0 Å². The van der Waals surface area contributed by atoms with Crippen LogP contribution in [0.15, 0.2) is 34.7 Å². The summed E-state index contributed by atoms with van der Waals surface area (Å²) in [7, 11) is 1.59. The second-order valence-corrected chi connectivity index (χ2v) is 6.99. The van der Waals surface area contributed by atoms with E-state index >= 15 is 0 Å². The second kappa shape index (κ2) is 7.98. The predicted octanol–water partition coefficient (Wildman–Crippen LogP) is 2.93. The summed E-state index contributed by atoms with van der Waals surface area (Å²) < 4.78 is 11.1. The molecule has 3 aromatic rings. The highest BCUT2D eigenvalue weighted by molar-refractivity contribution is 5.97. The maximum absolute atomic E-state index is 12.9. The minimum atomic E-state index is -0.102. The van der Waals surface area contributed by atoms with Gasteiger partial charge in [0.05, 0.1) is 7.11 Å². The first-order valence-corrected chi connectivity index (χ1v) is 9.79. The number of benzene rings is 1. The number of aryl methyl sites for hydroxylation is 1. The minimum Gasteiger partial charge on any atom is -0.493 e. The van der Waals surface area contributed by atoms with Crippen LogP contribution in [0.5, 0.6) is 5.75 Å². The molecule has 0 spiro atoms. The van der Waals surface area contributed by atoms with Gasteiger partial charge >= 0.3 is 0 Å². The zero-order valence-electron chi connectivity index (χ0n) is 16.9. The average molecular weight is 395 g/mol. The lowest BCUT2D eigenvalue weighted by Crippen LogP contribution is -2.49. The smallest absolute Gasteiger partial charge is 0.289 e. The van der Waals surface area contributed by atoms with Crippen LogP contribution in [0.3, 0.4) is 0 Å². The van der Waals surface area contributed by atoms with Crippen molar-refractivity contribution in [2.45, 2.75) is 13.8 Å². The molecule has 2 aromatic heterocycles. The Labute approximate surface area is 169 Å². The van der Waals surface area contributed by atoms with Gasteiger partial charge in [-0.15, -0.1) is 0 Å². The fourth-order valence-electron chi connectivity index (χ4n) is 3.55. The predicted molar refractivity (Wildman–Crippen MR) is 112 cm³/mol. The maximum Gasteiger partial charge on any atom is 0.289 e. The van der Waals surface area contributed by atoms with Gasteiger partial charge in [-0.25, -0.2) is 4.98 Å². The topological polar surface area (TPSA) is 83.7 Å². The number of carbonyl (C=O) groups is 1. The molecule has 1 aliphatic rings. The number of furan rings is 1. The molecule has 0 unspecified atom stereocenters. The number of nitrogens with one attached hydrogen (secondary N) is 1.